The molecule has 1 fully saturated rings. The second kappa shape index (κ2) is 7.36. The second-order valence-electron chi connectivity index (χ2n) is 5.72. The number of rotatable bonds is 5. The number of piperidine rings is 1. The highest BCUT2D eigenvalue weighted by Crippen LogP contribution is 2.24. The van der Waals surface area contributed by atoms with Crippen molar-refractivity contribution in [1.82, 2.24) is 10.2 Å². The van der Waals surface area contributed by atoms with Gasteiger partial charge in [-0.05, 0) is 31.1 Å². The van der Waals surface area contributed by atoms with Gasteiger partial charge >= 0.3 is 12.0 Å². The van der Waals surface area contributed by atoms with E-state index in [-0.39, 0.29) is 18.5 Å². The van der Waals surface area contributed by atoms with Crippen LogP contribution in [0.15, 0.2) is 0 Å². The van der Waals surface area contributed by atoms with Crippen molar-refractivity contribution < 1.29 is 14.7 Å². The molecule has 1 aliphatic heterocycles. The molecule has 1 rings (SSSR count). The molecule has 1 saturated heterocycles. The fourth-order valence-corrected chi connectivity index (χ4v) is 2.54. The highest BCUT2D eigenvalue weighted by atomic mass is 16.4. The standard InChI is InChI=1S/C14H26N2O3/c1-4-12(9-13(17)18)15-14(19)16-7-5-11(6-8-16)10(2)3/h10-12H,4-9H2,1-3H3,(H,15,19)(H,17,18). The number of nitrogens with one attached hydrogen (secondary N) is 1. The molecule has 0 aromatic heterocycles. The van der Waals surface area contributed by atoms with Gasteiger partial charge in [0.2, 0.25) is 0 Å². The smallest absolute Gasteiger partial charge is 0.317 e. The lowest BCUT2D eigenvalue weighted by atomic mass is 9.87. The van der Waals surface area contributed by atoms with E-state index in [9.17, 15) is 9.59 Å². The summed E-state index contributed by atoms with van der Waals surface area (Å²) in [6, 6.07) is -0.386. The van der Waals surface area contributed by atoms with E-state index in [1.807, 2.05) is 11.8 Å². The summed E-state index contributed by atoms with van der Waals surface area (Å²) < 4.78 is 0. The zero-order chi connectivity index (χ0) is 14.4. The number of carboxylic acid groups (broad SMARTS) is 1. The van der Waals surface area contributed by atoms with Crippen LogP contribution in [0.1, 0.15) is 46.5 Å². The van der Waals surface area contributed by atoms with Gasteiger partial charge in [0.1, 0.15) is 0 Å². The van der Waals surface area contributed by atoms with Crippen molar-refractivity contribution in [1.29, 1.82) is 0 Å². The molecule has 0 radical (unpaired) electrons. The van der Waals surface area contributed by atoms with Gasteiger partial charge in [-0.15, -0.1) is 0 Å². The third-order valence-corrected chi connectivity index (χ3v) is 4.01. The molecule has 2 amide bonds. The van der Waals surface area contributed by atoms with E-state index in [0.717, 1.165) is 25.9 Å². The molecule has 0 spiro atoms. The van der Waals surface area contributed by atoms with Gasteiger partial charge in [0.25, 0.3) is 0 Å². The minimum absolute atomic E-state index is 0.00923. The highest BCUT2D eigenvalue weighted by Gasteiger charge is 2.25. The number of aliphatic carboxylic acids is 1. The lowest BCUT2D eigenvalue weighted by Gasteiger charge is -2.34. The van der Waals surface area contributed by atoms with Gasteiger partial charge in [0.05, 0.1) is 6.42 Å². The van der Waals surface area contributed by atoms with Gasteiger partial charge in [-0.25, -0.2) is 4.79 Å². The summed E-state index contributed by atoms with van der Waals surface area (Å²) in [5.41, 5.74) is 0. The molecule has 19 heavy (non-hydrogen) atoms. The fourth-order valence-electron chi connectivity index (χ4n) is 2.54. The normalized spacial score (nSPS) is 18.4. The molecule has 0 bridgehead atoms. The molecule has 0 aromatic rings. The van der Waals surface area contributed by atoms with E-state index in [4.69, 9.17) is 5.11 Å². The Hall–Kier alpha value is -1.26. The molecule has 1 atom stereocenters. The maximum atomic E-state index is 12.0. The third-order valence-electron chi connectivity index (χ3n) is 4.01. The van der Waals surface area contributed by atoms with Crippen molar-refractivity contribution in [3.05, 3.63) is 0 Å². The Morgan fingerprint density at radius 3 is 2.32 bits per heavy atom. The first-order chi connectivity index (χ1) is 8.93. The molecule has 1 unspecified atom stereocenters. The Labute approximate surface area is 115 Å². The summed E-state index contributed by atoms with van der Waals surface area (Å²) in [4.78, 5) is 24.5. The molecule has 2 N–H and O–H groups in total. The van der Waals surface area contributed by atoms with Gasteiger partial charge < -0.3 is 15.3 Å². The maximum absolute atomic E-state index is 12.0. The molecular formula is C14H26N2O3. The number of urea groups is 1. The van der Waals surface area contributed by atoms with Crippen LogP contribution in [0.3, 0.4) is 0 Å². The van der Waals surface area contributed by atoms with Crippen molar-refractivity contribution in [3.63, 3.8) is 0 Å². The van der Waals surface area contributed by atoms with E-state index in [1.165, 1.54) is 0 Å². The van der Waals surface area contributed by atoms with E-state index >= 15 is 0 Å². The van der Waals surface area contributed by atoms with Gasteiger partial charge in [-0.2, -0.15) is 0 Å². The van der Waals surface area contributed by atoms with Crippen LogP contribution in [-0.2, 0) is 4.79 Å². The predicted octanol–water partition coefficient (Wildman–Crippen LogP) is 2.32. The monoisotopic (exact) mass is 270 g/mol. The molecule has 0 aliphatic carbocycles. The van der Waals surface area contributed by atoms with Crippen LogP contribution in [0, 0.1) is 11.8 Å². The topological polar surface area (TPSA) is 69.6 Å². The highest BCUT2D eigenvalue weighted by molar-refractivity contribution is 5.76. The Kier molecular flexibility index (Phi) is 6.12. The van der Waals surface area contributed by atoms with Gasteiger partial charge in [0.15, 0.2) is 0 Å². The second-order valence-corrected chi connectivity index (χ2v) is 5.72. The summed E-state index contributed by atoms with van der Waals surface area (Å²) in [5, 5.41) is 11.6. The molecule has 1 heterocycles. The first kappa shape index (κ1) is 15.8. The largest absolute Gasteiger partial charge is 0.481 e. The number of carbonyl (C=O) groups excluding carboxylic acids is 1. The number of hydrogen-bond donors (Lipinski definition) is 2. The fraction of sp³-hybridized carbons (Fsp3) is 0.857. The average molecular weight is 270 g/mol. The summed E-state index contributed by atoms with van der Waals surface area (Å²) in [5.74, 6) is 0.497. The Morgan fingerprint density at radius 1 is 1.32 bits per heavy atom. The van der Waals surface area contributed by atoms with Crippen molar-refractivity contribution in [2.75, 3.05) is 13.1 Å². The molecule has 0 aromatic carbocycles. The lowest BCUT2D eigenvalue weighted by Crippen LogP contribution is -2.48. The zero-order valence-electron chi connectivity index (χ0n) is 12.2. The molecule has 0 saturated carbocycles. The van der Waals surface area contributed by atoms with Crippen LogP contribution in [0.5, 0.6) is 0 Å². The van der Waals surface area contributed by atoms with Crippen LogP contribution in [0.4, 0.5) is 4.79 Å². The van der Waals surface area contributed by atoms with Gasteiger partial charge in [-0.3, -0.25) is 4.79 Å². The molecule has 5 heteroatoms. The first-order valence-corrected chi connectivity index (χ1v) is 7.21. The van der Waals surface area contributed by atoms with E-state index < -0.39 is 5.97 Å². The van der Waals surface area contributed by atoms with Crippen molar-refractivity contribution >= 4 is 12.0 Å². The SMILES string of the molecule is CCC(CC(=O)O)NC(=O)N1CCC(C(C)C)CC1. The van der Waals surface area contributed by atoms with Crippen LogP contribution in [0.25, 0.3) is 0 Å². The van der Waals surface area contributed by atoms with Crippen LogP contribution >= 0.6 is 0 Å². The van der Waals surface area contributed by atoms with Gasteiger partial charge in [0, 0.05) is 19.1 Å². The van der Waals surface area contributed by atoms with E-state index in [1.54, 1.807) is 0 Å². The van der Waals surface area contributed by atoms with Crippen LogP contribution in [-0.4, -0.2) is 41.1 Å². The summed E-state index contributed by atoms with van der Waals surface area (Å²) >= 11 is 0. The number of carboxylic acids is 1. The number of amides is 2. The molecule has 110 valence electrons. The minimum Gasteiger partial charge on any atom is -0.481 e. The number of likely N-dealkylation sites (tertiary alicyclic amines) is 1. The zero-order valence-corrected chi connectivity index (χ0v) is 12.2. The van der Waals surface area contributed by atoms with Crippen molar-refractivity contribution in [2.24, 2.45) is 11.8 Å². The van der Waals surface area contributed by atoms with E-state index in [0.29, 0.717) is 18.3 Å². The van der Waals surface area contributed by atoms with Crippen LogP contribution < -0.4 is 5.32 Å². The third kappa shape index (κ3) is 5.09. The number of carbonyl (C=O) groups is 2. The van der Waals surface area contributed by atoms with Crippen molar-refractivity contribution in [2.45, 2.75) is 52.5 Å². The summed E-state index contributed by atoms with van der Waals surface area (Å²) in [7, 11) is 0. The molecule has 5 nitrogen and oxygen atoms in total. The number of hydrogen-bond acceptors (Lipinski definition) is 2. The lowest BCUT2D eigenvalue weighted by molar-refractivity contribution is -0.137. The van der Waals surface area contributed by atoms with Gasteiger partial charge in [-0.1, -0.05) is 20.8 Å². The summed E-state index contributed by atoms with van der Waals surface area (Å²) in [6.07, 6.45) is 2.72. The molecular weight excluding hydrogens is 244 g/mol. The minimum atomic E-state index is -0.870. The number of nitrogens with zero attached hydrogens (tertiary/aromatic N) is 1. The maximum Gasteiger partial charge on any atom is 0.317 e. The van der Waals surface area contributed by atoms with Crippen LogP contribution in [0.2, 0.25) is 0 Å². The predicted molar refractivity (Wildman–Crippen MR) is 74.0 cm³/mol. The van der Waals surface area contributed by atoms with E-state index in [2.05, 4.69) is 19.2 Å². The first-order valence-electron chi connectivity index (χ1n) is 7.21. The van der Waals surface area contributed by atoms with Crippen molar-refractivity contribution in [3.8, 4) is 0 Å². The Balaban J connectivity index is 2.40. The Bertz CT molecular complexity index is 310. The summed E-state index contributed by atoms with van der Waals surface area (Å²) in [6.45, 7) is 7.88. The molecule has 1 aliphatic rings. The average Bonchev–Trinajstić information content (AvgIpc) is 2.37. The Morgan fingerprint density at radius 2 is 1.89 bits per heavy atom. The quantitative estimate of drug-likeness (QED) is 0.805.